The van der Waals surface area contributed by atoms with E-state index in [1.807, 2.05) is 30.3 Å². The predicted octanol–water partition coefficient (Wildman–Crippen LogP) is 2.70. The van der Waals surface area contributed by atoms with Crippen LogP contribution in [0.5, 0.6) is 0 Å². The monoisotopic (exact) mass is 301 g/mol. The van der Waals surface area contributed by atoms with Gasteiger partial charge in [0.2, 0.25) is 5.91 Å². The summed E-state index contributed by atoms with van der Waals surface area (Å²) in [6.45, 7) is 5.25. The largest absolute Gasteiger partial charge is 0.302 e. The van der Waals surface area contributed by atoms with Crippen LogP contribution in [0.2, 0.25) is 0 Å². The lowest BCUT2D eigenvalue weighted by Gasteiger charge is -2.23. The maximum atomic E-state index is 12.1. The highest BCUT2D eigenvalue weighted by atomic mass is 32.1. The van der Waals surface area contributed by atoms with E-state index in [0.29, 0.717) is 6.42 Å². The fourth-order valence-corrected chi connectivity index (χ4v) is 3.58. The lowest BCUT2D eigenvalue weighted by molar-refractivity contribution is -0.115. The molecule has 0 spiro atoms. The molecule has 0 saturated heterocycles. The molecule has 110 valence electrons. The van der Waals surface area contributed by atoms with Crippen molar-refractivity contribution < 1.29 is 4.79 Å². The number of nitrogens with one attached hydrogen (secondary N) is 1. The Balaban J connectivity index is 1.63. The smallest absolute Gasteiger partial charge is 0.230 e. The predicted molar refractivity (Wildman–Crippen MR) is 85.5 cm³/mol. The molecule has 0 bridgehead atoms. The SMILES string of the molecule is CCN1CCc2nc(NC(=O)Cc3ccccc3)sc2C1. The van der Waals surface area contributed by atoms with Crippen molar-refractivity contribution in [3.05, 3.63) is 46.5 Å². The van der Waals surface area contributed by atoms with E-state index >= 15 is 0 Å². The molecule has 1 aromatic heterocycles. The minimum Gasteiger partial charge on any atom is -0.302 e. The molecule has 0 radical (unpaired) electrons. The summed E-state index contributed by atoms with van der Waals surface area (Å²) in [7, 11) is 0. The molecular formula is C16H19N3OS. The van der Waals surface area contributed by atoms with Crippen LogP contribution in [-0.2, 0) is 24.2 Å². The summed E-state index contributed by atoms with van der Waals surface area (Å²) in [5.74, 6) is -0.000329. The van der Waals surface area contributed by atoms with Gasteiger partial charge in [0.05, 0.1) is 12.1 Å². The second-order valence-corrected chi connectivity index (χ2v) is 6.30. The van der Waals surface area contributed by atoms with E-state index in [4.69, 9.17) is 0 Å². The van der Waals surface area contributed by atoms with Gasteiger partial charge >= 0.3 is 0 Å². The number of rotatable bonds is 4. The molecule has 1 aromatic carbocycles. The Morgan fingerprint density at radius 3 is 2.95 bits per heavy atom. The molecule has 21 heavy (non-hydrogen) atoms. The van der Waals surface area contributed by atoms with Gasteiger partial charge in [0.1, 0.15) is 0 Å². The summed E-state index contributed by atoms with van der Waals surface area (Å²) in [4.78, 5) is 20.3. The minimum absolute atomic E-state index is 0.000329. The van der Waals surface area contributed by atoms with E-state index < -0.39 is 0 Å². The number of thiazole rings is 1. The minimum atomic E-state index is -0.000329. The van der Waals surface area contributed by atoms with Crippen LogP contribution in [0.3, 0.4) is 0 Å². The number of amides is 1. The van der Waals surface area contributed by atoms with Crippen molar-refractivity contribution in [2.45, 2.75) is 26.3 Å². The maximum absolute atomic E-state index is 12.1. The van der Waals surface area contributed by atoms with Gasteiger partial charge in [-0.05, 0) is 12.1 Å². The summed E-state index contributed by atoms with van der Waals surface area (Å²) in [6.07, 6.45) is 1.38. The fourth-order valence-electron chi connectivity index (χ4n) is 2.52. The zero-order chi connectivity index (χ0) is 14.7. The van der Waals surface area contributed by atoms with Gasteiger partial charge in [-0.2, -0.15) is 0 Å². The average molecular weight is 301 g/mol. The summed E-state index contributed by atoms with van der Waals surface area (Å²) in [5.41, 5.74) is 2.17. The van der Waals surface area contributed by atoms with Crippen molar-refractivity contribution in [2.24, 2.45) is 0 Å². The first kappa shape index (κ1) is 14.2. The van der Waals surface area contributed by atoms with E-state index in [2.05, 4.69) is 22.1 Å². The second kappa shape index (κ2) is 6.37. The molecule has 1 aliphatic rings. The quantitative estimate of drug-likeness (QED) is 0.944. The highest BCUT2D eigenvalue weighted by Gasteiger charge is 2.20. The van der Waals surface area contributed by atoms with Crippen LogP contribution in [0, 0.1) is 0 Å². The molecule has 1 N–H and O–H groups in total. The zero-order valence-electron chi connectivity index (χ0n) is 12.1. The number of carbonyl (C=O) groups is 1. The van der Waals surface area contributed by atoms with Gasteiger partial charge in [0.25, 0.3) is 0 Å². The third-order valence-corrected chi connectivity index (χ3v) is 4.71. The Morgan fingerprint density at radius 2 is 2.19 bits per heavy atom. The zero-order valence-corrected chi connectivity index (χ0v) is 12.9. The number of nitrogens with zero attached hydrogens (tertiary/aromatic N) is 2. The molecule has 2 heterocycles. The van der Waals surface area contributed by atoms with Crippen molar-refractivity contribution in [1.29, 1.82) is 0 Å². The van der Waals surface area contributed by atoms with Crippen molar-refractivity contribution in [3.8, 4) is 0 Å². The standard InChI is InChI=1S/C16H19N3OS/c1-2-19-9-8-13-14(11-19)21-16(17-13)18-15(20)10-12-6-4-3-5-7-12/h3-7H,2,8-11H2,1H3,(H,17,18,20). The van der Waals surface area contributed by atoms with Gasteiger partial charge in [-0.15, -0.1) is 11.3 Å². The summed E-state index contributed by atoms with van der Waals surface area (Å²) in [5, 5.41) is 3.67. The van der Waals surface area contributed by atoms with Crippen LogP contribution in [0.25, 0.3) is 0 Å². The molecule has 0 atom stereocenters. The molecule has 2 aromatic rings. The second-order valence-electron chi connectivity index (χ2n) is 5.22. The van der Waals surface area contributed by atoms with Gasteiger partial charge in [-0.3, -0.25) is 9.69 Å². The van der Waals surface area contributed by atoms with Gasteiger partial charge in [0.15, 0.2) is 5.13 Å². The van der Waals surface area contributed by atoms with Crippen LogP contribution in [0.4, 0.5) is 5.13 Å². The number of anilines is 1. The molecule has 3 rings (SSSR count). The van der Waals surface area contributed by atoms with Crippen LogP contribution in [-0.4, -0.2) is 28.9 Å². The van der Waals surface area contributed by atoms with E-state index in [1.165, 1.54) is 4.88 Å². The van der Waals surface area contributed by atoms with E-state index in [9.17, 15) is 4.79 Å². The number of likely N-dealkylation sites (N-methyl/N-ethyl adjacent to an activating group) is 1. The molecular weight excluding hydrogens is 282 g/mol. The van der Waals surface area contributed by atoms with E-state index in [0.717, 1.165) is 42.4 Å². The Kier molecular flexibility index (Phi) is 4.31. The summed E-state index contributed by atoms with van der Waals surface area (Å²) >= 11 is 1.61. The molecule has 0 aliphatic carbocycles. The molecule has 0 fully saturated rings. The molecule has 1 amide bonds. The van der Waals surface area contributed by atoms with E-state index in [-0.39, 0.29) is 5.91 Å². The Labute approximate surface area is 128 Å². The number of aromatic nitrogens is 1. The number of carbonyl (C=O) groups excluding carboxylic acids is 1. The Morgan fingerprint density at radius 1 is 1.38 bits per heavy atom. The first-order valence-corrected chi connectivity index (χ1v) is 8.11. The maximum Gasteiger partial charge on any atom is 0.230 e. The van der Waals surface area contributed by atoms with Crippen LogP contribution in [0.15, 0.2) is 30.3 Å². The molecule has 1 aliphatic heterocycles. The van der Waals surface area contributed by atoms with Gasteiger partial charge < -0.3 is 5.32 Å². The normalized spacial score (nSPS) is 14.7. The molecule has 0 saturated carbocycles. The highest BCUT2D eigenvalue weighted by molar-refractivity contribution is 7.15. The molecule has 4 nitrogen and oxygen atoms in total. The fraction of sp³-hybridized carbons (Fsp3) is 0.375. The van der Waals surface area contributed by atoms with Crippen LogP contribution in [0.1, 0.15) is 23.1 Å². The number of hydrogen-bond acceptors (Lipinski definition) is 4. The van der Waals surface area contributed by atoms with Crippen LogP contribution >= 0.6 is 11.3 Å². The lowest BCUT2D eigenvalue weighted by Crippen LogP contribution is -2.29. The van der Waals surface area contributed by atoms with Gasteiger partial charge in [-0.1, -0.05) is 37.3 Å². The molecule has 5 heteroatoms. The third kappa shape index (κ3) is 3.49. The van der Waals surface area contributed by atoms with Gasteiger partial charge in [0, 0.05) is 24.4 Å². The van der Waals surface area contributed by atoms with Gasteiger partial charge in [-0.25, -0.2) is 4.98 Å². The lowest BCUT2D eigenvalue weighted by atomic mass is 10.1. The number of benzene rings is 1. The highest BCUT2D eigenvalue weighted by Crippen LogP contribution is 2.28. The molecule has 0 unspecified atom stereocenters. The topological polar surface area (TPSA) is 45.2 Å². The van der Waals surface area contributed by atoms with Crippen molar-refractivity contribution in [1.82, 2.24) is 9.88 Å². The third-order valence-electron chi connectivity index (χ3n) is 3.71. The van der Waals surface area contributed by atoms with E-state index in [1.54, 1.807) is 11.3 Å². The van der Waals surface area contributed by atoms with Crippen LogP contribution < -0.4 is 5.32 Å². The summed E-state index contributed by atoms with van der Waals surface area (Å²) < 4.78 is 0. The first-order valence-electron chi connectivity index (χ1n) is 7.29. The average Bonchev–Trinajstić information content (AvgIpc) is 2.89. The first-order chi connectivity index (χ1) is 10.2. The van der Waals surface area contributed by atoms with Crippen molar-refractivity contribution in [2.75, 3.05) is 18.4 Å². The van der Waals surface area contributed by atoms with Crippen molar-refractivity contribution >= 4 is 22.4 Å². The number of hydrogen-bond donors (Lipinski definition) is 1. The summed E-state index contributed by atoms with van der Waals surface area (Å²) in [6, 6.07) is 9.78. The van der Waals surface area contributed by atoms with Crippen molar-refractivity contribution in [3.63, 3.8) is 0 Å². The number of fused-ring (bicyclic) bond motifs is 1. The Hall–Kier alpha value is -1.72. The Bertz CT molecular complexity index is 624.